The molecule has 1 aliphatic rings. The number of carbonyl (C=O) groups is 1. The van der Waals surface area contributed by atoms with Gasteiger partial charge in [0.2, 0.25) is 0 Å². The molecule has 1 heterocycles. The lowest BCUT2D eigenvalue weighted by Crippen LogP contribution is -2.07. The Bertz CT molecular complexity index is 438. The number of Topliss-reactive ketones (excluding diaryl/α,β-unsaturated/α-hetero) is 1. The van der Waals surface area contributed by atoms with Crippen LogP contribution in [0, 0.1) is 0 Å². The van der Waals surface area contributed by atoms with Crippen LogP contribution in [0.5, 0.6) is 5.75 Å². The molecular weight excluding hydrogens is 244 g/mol. The zero-order valence-electron chi connectivity index (χ0n) is 11.5. The lowest BCUT2D eigenvalue weighted by atomic mass is 10.1. The Morgan fingerprint density at radius 1 is 1.47 bits per heavy atom. The van der Waals surface area contributed by atoms with Crippen molar-refractivity contribution in [1.82, 2.24) is 0 Å². The molecule has 0 amide bonds. The van der Waals surface area contributed by atoms with Crippen LogP contribution < -0.4 is 4.74 Å². The molecule has 1 unspecified atom stereocenters. The molecule has 0 aliphatic carbocycles. The molecule has 1 saturated heterocycles. The van der Waals surface area contributed by atoms with E-state index < -0.39 is 0 Å². The molecule has 1 fully saturated rings. The molecule has 1 aromatic rings. The van der Waals surface area contributed by atoms with Crippen LogP contribution in [0.2, 0.25) is 0 Å². The molecule has 1 aliphatic heterocycles. The van der Waals surface area contributed by atoms with Crippen molar-refractivity contribution in [3.8, 4) is 5.75 Å². The summed E-state index contributed by atoms with van der Waals surface area (Å²) in [6.45, 7) is 6.12. The molecule has 2 rings (SSSR count). The van der Waals surface area contributed by atoms with Crippen LogP contribution >= 0.6 is 0 Å². The molecular formula is C15H20O4. The highest BCUT2D eigenvalue weighted by molar-refractivity contribution is 5.94. The summed E-state index contributed by atoms with van der Waals surface area (Å²) in [4.78, 5) is 11.4. The first-order valence-electron chi connectivity index (χ1n) is 6.66. The van der Waals surface area contributed by atoms with Gasteiger partial charge in [-0.1, -0.05) is 6.92 Å². The lowest BCUT2D eigenvalue weighted by molar-refractivity contribution is 0.101. The third-order valence-electron chi connectivity index (χ3n) is 2.90. The minimum absolute atomic E-state index is 0.0498. The molecule has 4 nitrogen and oxygen atoms in total. The van der Waals surface area contributed by atoms with Gasteiger partial charge >= 0.3 is 0 Å². The van der Waals surface area contributed by atoms with Gasteiger partial charge in [0, 0.05) is 17.7 Å². The fraction of sp³-hybridized carbons (Fsp3) is 0.533. The zero-order chi connectivity index (χ0) is 13.7. The molecule has 0 saturated carbocycles. The van der Waals surface area contributed by atoms with Crippen LogP contribution in [0.4, 0.5) is 0 Å². The number of benzene rings is 1. The van der Waals surface area contributed by atoms with E-state index in [1.807, 2.05) is 12.1 Å². The third kappa shape index (κ3) is 4.33. The number of hydrogen-bond donors (Lipinski definition) is 0. The van der Waals surface area contributed by atoms with Crippen LogP contribution in [-0.4, -0.2) is 31.7 Å². The van der Waals surface area contributed by atoms with Crippen molar-refractivity contribution in [2.45, 2.75) is 33.0 Å². The second-order valence-electron chi connectivity index (χ2n) is 4.70. The van der Waals surface area contributed by atoms with Crippen LogP contribution in [0.25, 0.3) is 0 Å². The second-order valence-corrected chi connectivity index (χ2v) is 4.70. The van der Waals surface area contributed by atoms with Crippen molar-refractivity contribution in [1.29, 1.82) is 0 Å². The summed E-state index contributed by atoms with van der Waals surface area (Å²) in [5.41, 5.74) is 1.60. The van der Waals surface area contributed by atoms with Crippen LogP contribution in [0.3, 0.4) is 0 Å². The number of rotatable bonds is 8. The summed E-state index contributed by atoms with van der Waals surface area (Å²) >= 11 is 0. The summed E-state index contributed by atoms with van der Waals surface area (Å²) in [5, 5.41) is 0. The molecule has 0 aromatic heterocycles. The Balaban J connectivity index is 2.06. The van der Waals surface area contributed by atoms with Gasteiger partial charge in [0.05, 0.1) is 13.2 Å². The Morgan fingerprint density at radius 3 is 2.89 bits per heavy atom. The first-order chi connectivity index (χ1) is 9.20. The van der Waals surface area contributed by atoms with Gasteiger partial charge in [-0.25, -0.2) is 0 Å². The molecule has 104 valence electrons. The van der Waals surface area contributed by atoms with Crippen LogP contribution in [-0.2, 0) is 16.1 Å². The van der Waals surface area contributed by atoms with E-state index in [-0.39, 0.29) is 11.9 Å². The highest BCUT2D eigenvalue weighted by Crippen LogP contribution is 2.23. The maximum absolute atomic E-state index is 11.4. The number of ketones is 1. The molecule has 0 spiro atoms. The van der Waals surface area contributed by atoms with Crippen molar-refractivity contribution >= 4 is 5.78 Å². The van der Waals surface area contributed by atoms with Gasteiger partial charge in [0.1, 0.15) is 18.5 Å². The number of hydrogen-bond acceptors (Lipinski definition) is 4. The van der Waals surface area contributed by atoms with Crippen molar-refractivity contribution in [2.75, 3.05) is 19.8 Å². The largest absolute Gasteiger partial charge is 0.490 e. The van der Waals surface area contributed by atoms with E-state index in [1.165, 1.54) is 0 Å². The lowest BCUT2D eigenvalue weighted by Gasteiger charge is -2.12. The van der Waals surface area contributed by atoms with Crippen molar-refractivity contribution in [2.24, 2.45) is 0 Å². The van der Waals surface area contributed by atoms with Crippen molar-refractivity contribution in [3.63, 3.8) is 0 Å². The van der Waals surface area contributed by atoms with Gasteiger partial charge in [-0.2, -0.15) is 0 Å². The minimum atomic E-state index is 0.0498. The SMILES string of the molecule is CCCOCc1cc(C(C)=O)ccc1OCC1CO1. The first kappa shape index (κ1) is 14.0. The predicted octanol–water partition coefficient (Wildman–Crippen LogP) is 2.59. The Morgan fingerprint density at radius 2 is 2.26 bits per heavy atom. The molecule has 0 N–H and O–H groups in total. The van der Waals surface area contributed by atoms with Gasteiger partial charge in [-0.15, -0.1) is 0 Å². The monoisotopic (exact) mass is 264 g/mol. The summed E-state index contributed by atoms with van der Waals surface area (Å²) in [5.74, 6) is 0.824. The molecule has 1 aromatic carbocycles. The molecule has 0 radical (unpaired) electrons. The van der Waals surface area contributed by atoms with Gasteiger partial charge < -0.3 is 14.2 Å². The normalized spacial score (nSPS) is 17.3. The molecule has 19 heavy (non-hydrogen) atoms. The minimum Gasteiger partial charge on any atom is -0.490 e. The Hall–Kier alpha value is -1.39. The zero-order valence-corrected chi connectivity index (χ0v) is 11.5. The highest BCUT2D eigenvalue weighted by Gasteiger charge is 2.23. The summed E-state index contributed by atoms with van der Waals surface area (Å²) in [7, 11) is 0. The van der Waals surface area contributed by atoms with Crippen LogP contribution in [0.1, 0.15) is 36.2 Å². The van der Waals surface area contributed by atoms with E-state index >= 15 is 0 Å². The standard InChI is InChI=1S/C15H20O4/c1-3-6-17-8-13-7-12(11(2)16)4-5-15(13)19-10-14-9-18-14/h4-5,7,14H,3,6,8-10H2,1-2H3. The number of carbonyl (C=O) groups excluding carboxylic acids is 1. The highest BCUT2D eigenvalue weighted by atomic mass is 16.6. The number of epoxide rings is 1. The van der Waals surface area contributed by atoms with Gasteiger partial charge in [0.15, 0.2) is 5.78 Å². The average Bonchev–Trinajstić information content (AvgIpc) is 3.21. The molecule has 4 heteroatoms. The maximum Gasteiger partial charge on any atom is 0.159 e. The van der Waals surface area contributed by atoms with E-state index in [0.29, 0.717) is 25.4 Å². The van der Waals surface area contributed by atoms with E-state index in [9.17, 15) is 4.79 Å². The van der Waals surface area contributed by atoms with E-state index in [0.717, 1.165) is 24.3 Å². The summed E-state index contributed by atoms with van der Waals surface area (Å²) < 4.78 is 16.4. The molecule has 1 atom stereocenters. The number of ether oxygens (including phenoxy) is 3. The predicted molar refractivity (Wildman–Crippen MR) is 71.6 cm³/mol. The van der Waals surface area contributed by atoms with E-state index in [2.05, 4.69) is 6.92 Å². The summed E-state index contributed by atoms with van der Waals surface area (Å²) in [6, 6.07) is 5.47. The topological polar surface area (TPSA) is 48.1 Å². The van der Waals surface area contributed by atoms with Crippen LogP contribution in [0.15, 0.2) is 18.2 Å². The first-order valence-corrected chi connectivity index (χ1v) is 6.66. The van der Waals surface area contributed by atoms with Gasteiger partial charge in [-0.05, 0) is 31.5 Å². The third-order valence-corrected chi connectivity index (χ3v) is 2.90. The fourth-order valence-corrected chi connectivity index (χ4v) is 1.73. The van der Waals surface area contributed by atoms with Crippen molar-refractivity contribution < 1.29 is 19.0 Å². The van der Waals surface area contributed by atoms with E-state index in [1.54, 1.807) is 13.0 Å². The van der Waals surface area contributed by atoms with Gasteiger partial charge in [-0.3, -0.25) is 4.79 Å². The second kappa shape index (κ2) is 6.68. The van der Waals surface area contributed by atoms with Crippen molar-refractivity contribution in [3.05, 3.63) is 29.3 Å². The van der Waals surface area contributed by atoms with Gasteiger partial charge in [0.25, 0.3) is 0 Å². The maximum atomic E-state index is 11.4. The Kier molecular flexibility index (Phi) is 4.93. The van der Waals surface area contributed by atoms with E-state index in [4.69, 9.17) is 14.2 Å². The quantitative estimate of drug-likeness (QED) is 0.411. The fourth-order valence-electron chi connectivity index (χ4n) is 1.73. The smallest absolute Gasteiger partial charge is 0.159 e. The summed E-state index contributed by atoms with van der Waals surface area (Å²) in [6.07, 6.45) is 1.19. The average molecular weight is 264 g/mol. The Labute approximate surface area is 113 Å². The molecule has 0 bridgehead atoms.